The average Bonchev–Trinajstić information content (AvgIpc) is 3.03. The Morgan fingerprint density at radius 2 is 2.37 bits per heavy atom. The summed E-state index contributed by atoms with van der Waals surface area (Å²) < 4.78 is 3.31. The molecular formula is C15H18BrN3. The second-order valence-corrected chi connectivity index (χ2v) is 5.96. The summed E-state index contributed by atoms with van der Waals surface area (Å²) in [5.74, 6) is 0. The molecule has 0 fully saturated rings. The fourth-order valence-electron chi connectivity index (χ4n) is 2.76. The number of halogens is 1. The van der Waals surface area contributed by atoms with Gasteiger partial charge in [0, 0.05) is 29.5 Å². The van der Waals surface area contributed by atoms with Crippen molar-refractivity contribution in [1.82, 2.24) is 14.9 Å². The number of hydrogen-bond acceptors (Lipinski definition) is 2. The standard InChI is InChI=1S/C15H18BrN3/c16-13-3-4-14-12(10-13)2-5-15(14)18-6-1-8-19-9-7-17-11-19/h3-4,7,9-11,15,18H,1-2,5-6,8H2. The highest BCUT2D eigenvalue weighted by atomic mass is 79.9. The van der Waals surface area contributed by atoms with Crippen LogP contribution in [0.5, 0.6) is 0 Å². The lowest BCUT2D eigenvalue weighted by atomic mass is 10.1. The first-order valence-corrected chi connectivity index (χ1v) is 7.60. The minimum Gasteiger partial charge on any atom is -0.337 e. The summed E-state index contributed by atoms with van der Waals surface area (Å²) in [5.41, 5.74) is 2.97. The molecule has 0 aliphatic heterocycles. The molecule has 3 nitrogen and oxygen atoms in total. The van der Waals surface area contributed by atoms with Gasteiger partial charge in [0.05, 0.1) is 6.33 Å². The van der Waals surface area contributed by atoms with E-state index in [0.29, 0.717) is 6.04 Å². The molecule has 0 amide bonds. The number of hydrogen-bond donors (Lipinski definition) is 1. The Kier molecular flexibility index (Phi) is 3.99. The summed E-state index contributed by atoms with van der Waals surface area (Å²) >= 11 is 3.54. The van der Waals surface area contributed by atoms with Gasteiger partial charge in [0.25, 0.3) is 0 Å². The molecular weight excluding hydrogens is 302 g/mol. The molecule has 0 bridgehead atoms. The Morgan fingerprint density at radius 3 is 3.21 bits per heavy atom. The Hall–Kier alpha value is -1.13. The van der Waals surface area contributed by atoms with Crippen molar-refractivity contribution in [3.05, 3.63) is 52.5 Å². The van der Waals surface area contributed by atoms with Crippen LogP contribution in [-0.4, -0.2) is 16.1 Å². The molecule has 1 aliphatic carbocycles. The van der Waals surface area contributed by atoms with Crippen molar-refractivity contribution < 1.29 is 0 Å². The van der Waals surface area contributed by atoms with Gasteiger partial charge >= 0.3 is 0 Å². The molecule has 2 aromatic rings. The molecule has 0 radical (unpaired) electrons. The Morgan fingerprint density at radius 1 is 1.42 bits per heavy atom. The lowest BCUT2D eigenvalue weighted by Crippen LogP contribution is -2.21. The van der Waals surface area contributed by atoms with Crippen LogP contribution < -0.4 is 5.32 Å². The van der Waals surface area contributed by atoms with Gasteiger partial charge < -0.3 is 9.88 Å². The summed E-state index contributed by atoms with van der Waals surface area (Å²) in [5, 5.41) is 3.67. The molecule has 100 valence electrons. The topological polar surface area (TPSA) is 29.9 Å². The molecule has 1 atom stereocenters. The second kappa shape index (κ2) is 5.88. The second-order valence-electron chi connectivity index (χ2n) is 5.04. The molecule has 1 N–H and O–H groups in total. The van der Waals surface area contributed by atoms with Gasteiger partial charge in [-0.2, -0.15) is 0 Å². The smallest absolute Gasteiger partial charge is 0.0945 e. The quantitative estimate of drug-likeness (QED) is 0.857. The first-order valence-electron chi connectivity index (χ1n) is 6.80. The Balaban J connectivity index is 1.50. The van der Waals surface area contributed by atoms with Crippen molar-refractivity contribution in [2.24, 2.45) is 0 Å². The molecule has 1 heterocycles. The largest absolute Gasteiger partial charge is 0.337 e. The van der Waals surface area contributed by atoms with Crippen LogP contribution in [0.1, 0.15) is 30.0 Å². The van der Waals surface area contributed by atoms with E-state index >= 15 is 0 Å². The van der Waals surface area contributed by atoms with Crippen molar-refractivity contribution >= 4 is 15.9 Å². The highest BCUT2D eigenvalue weighted by Gasteiger charge is 2.21. The minimum atomic E-state index is 0.533. The van der Waals surface area contributed by atoms with E-state index in [9.17, 15) is 0 Å². The third kappa shape index (κ3) is 3.07. The molecule has 3 rings (SSSR count). The van der Waals surface area contributed by atoms with E-state index in [0.717, 1.165) is 19.5 Å². The van der Waals surface area contributed by atoms with Crippen LogP contribution in [0.15, 0.2) is 41.4 Å². The van der Waals surface area contributed by atoms with Crippen LogP contribution in [0.3, 0.4) is 0 Å². The molecule has 1 aromatic carbocycles. The van der Waals surface area contributed by atoms with E-state index in [2.05, 4.69) is 49.0 Å². The van der Waals surface area contributed by atoms with Gasteiger partial charge in [0.1, 0.15) is 0 Å². The third-order valence-electron chi connectivity index (χ3n) is 3.73. The zero-order valence-electron chi connectivity index (χ0n) is 10.8. The predicted molar refractivity (Wildman–Crippen MR) is 80.1 cm³/mol. The number of aromatic nitrogens is 2. The Bertz CT molecular complexity index is 536. The molecule has 1 unspecified atom stereocenters. The lowest BCUT2D eigenvalue weighted by Gasteiger charge is -2.14. The maximum Gasteiger partial charge on any atom is 0.0945 e. The van der Waals surface area contributed by atoms with Gasteiger partial charge in [0.15, 0.2) is 0 Å². The molecule has 4 heteroatoms. The molecule has 0 saturated heterocycles. The van der Waals surface area contributed by atoms with E-state index in [1.165, 1.54) is 28.4 Å². The van der Waals surface area contributed by atoms with Crippen LogP contribution in [0, 0.1) is 0 Å². The zero-order chi connectivity index (χ0) is 13.1. The zero-order valence-corrected chi connectivity index (χ0v) is 12.4. The van der Waals surface area contributed by atoms with Crippen molar-refractivity contribution in [2.45, 2.75) is 31.8 Å². The van der Waals surface area contributed by atoms with Crippen molar-refractivity contribution in [3.8, 4) is 0 Å². The van der Waals surface area contributed by atoms with Crippen LogP contribution in [0.2, 0.25) is 0 Å². The van der Waals surface area contributed by atoms with Gasteiger partial charge in [0.2, 0.25) is 0 Å². The first kappa shape index (κ1) is 12.9. The van der Waals surface area contributed by atoms with E-state index in [1.54, 1.807) is 0 Å². The number of nitrogens with zero attached hydrogens (tertiary/aromatic N) is 2. The van der Waals surface area contributed by atoms with E-state index in [-0.39, 0.29) is 0 Å². The van der Waals surface area contributed by atoms with E-state index < -0.39 is 0 Å². The SMILES string of the molecule is Brc1ccc2c(c1)CCC2NCCCn1ccnc1. The summed E-state index contributed by atoms with van der Waals surface area (Å²) in [7, 11) is 0. The maximum atomic E-state index is 4.05. The molecule has 0 saturated carbocycles. The predicted octanol–water partition coefficient (Wildman–Crippen LogP) is 3.31. The highest BCUT2D eigenvalue weighted by molar-refractivity contribution is 9.10. The lowest BCUT2D eigenvalue weighted by molar-refractivity contribution is 0.499. The first-order chi connectivity index (χ1) is 9.33. The van der Waals surface area contributed by atoms with Gasteiger partial charge in [-0.25, -0.2) is 4.98 Å². The maximum absolute atomic E-state index is 4.05. The van der Waals surface area contributed by atoms with Crippen molar-refractivity contribution in [3.63, 3.8) is 0 Å². The van der Waals surface area contributed by atoms with Crippen LogP contribution in [-0.2, 0) is 13.0 Å². The van der Waals surface area contributed by atoms with Crippen LogP contribution >= 0.6 is 15.9 Å². The number of rotatable bonds is 5. The summed E-state index contributed by atoms with van der Waals surface area (Å²) in [6.45, 7) is 2.09. The Labute approximate surface area is 122 Å². The number of nitrogens with one attached hydrogen (secondary N) is 1. The molecule has 19 heavy (non-hydrogen) atoms. The molecule has 0 spiro atoms. The number of aryl methyl sites for hydroxylation is 2. The van der Waals surface area contributed by atoms with Crippen LogP contribution in [0.4, 0.5) is 0 Å². The number of imidazole rings is 1. The average molecular weight is 320 g/mol. The molecule has 1 aromatic heterocycles. The molecule has 1 aliphatic rings. The fourth-order valence-corrected chi connectivity index (χ4v) is 3.16. The summed E-state index contributed by atoms with van der Waals surface area (Å²) in [6.07, 6.45) is 9.27. The van der Waals surface area contributed by atoms with Gasteiger partial charge in [-0.15, -0.1) is 0 Å². The summed E-state index contributed by atoms with van der Waals surface area (Å²) in [4.78, 5) is 4.05. The van der Waals surface area contributed by atoms with Gasteiger partial charge in [-0.05, 0) is 49.1 Å². The van der Waals surface area contributed by atoms with Crippen LogP contribution in [0.25, 0.3) is 0 Å². The van der Waals surface area contributed by atoms with Gasteiger partial charge in [-0.3, -0.25) is 0 Å². The fraction of sp³-hybridized carbons (Fsp3) is 0.400. The minimum absolute atomic E-state index is 0.533. The number of fused-ring (bicyclic) bond motifs is 1. The van der Waals surface area contributed by atoms with Crippen molar-refractivity contribution in [2.75, 3.05) is 6.54 Å². The monoisotopic (exact) mass is 319 g/mol. The normalized spacial score (nSPS) is 17.6. The van der Waals surface area contributed by atoms with Gasteiger partial charge in [-0.1, -0.05) is 22.0 Å². The summed E-state index contributed by atoms with van der Waals surface area (Å²) in [6, 6.07) is 7.18. The number of benzene rings is 1. The van der Waals surface area contributed by atoms with E-state index in [4.69, 9.17) is 0 Å². The van der Waals surface area contributed by atoms with Crippen molar-refractivity contribution in [1.29, 1.82) is 0 Å². The third-order valence-corrected chi connectivity index (χ3v) is 4.22. The van der Waals surface area contributed by atoms with E-state index in [1.807, 2.05) is 18.7 Å². The highest BCUT2D eigenvalue weighted by Crippen LogP contribution is 2.32.